The lowest BCUT2D eigenvalue weighted by molar-refractivity contribution is 0.0255. The van der Waals surface area contributed by atoms with Gasteiger partial charge in [-0.3, -0.25) is 0 Å². The van der Waals surface area contributed by atoms with Gasteiger partial charge in [-0.2, -0.15) is 9.36 Å². The van der Waals surface area contributed by atoms with Crippen molar-refractivity contribution >= 4 is 5.69 Å². The summed E-state index contributed by atoms with van der Waals surface area (Å²) in [5.41, 5.74) is 6.49. The average Bonchev–Trinajstić information content (AvgIpc) is 2.82. The zero-order chi connectivity index (χ0) is 14.8. The van der Waals surface area contributed by atoms with Crippen LogP contribution in [0.5, 0.6) is 5.75 Å². The fourth-order valence-corrected chi connectivity index (χ4v) is 2.24. The van der Waals surface area contributed by atoms with E-state index < -0.39 is 0 Å². The van der Waals surface area contributed by atoms with Crippen LogP contribution < -0.4 is 16.2 Å². The molecule has 1 aliphatic rings. The molecule has 3 rings (SSSR count). The number of nitrogens with zero attached hydrogens (tertiary/aromatic N) is 4. The van der Waals surface area contributed by atoms with E-state index in [1.165, 1.54) is 11.7 Å². The molecule has 0 unspecified atom stereocenters. The van der Waals surface area contributed by atoms with Crippen LogP contribution in [0.2, 0.25) is 0 Å². The Labute approximate surface area is 121 Å². The molecule has 0 amide bonds. The van der Waals surface area contributed by atoms with Gasteiger partial charge in [-0.25, -0.2) is 4.79 Å². The van der Waals surface area contributed by atoms with E-state index in [2.05, 4.69) is 10.4 Å². The predicted octanol–water partition coefficient (Wildman–Crippen LogP) is 0.106. The molecule has 21 heavy (non-hydrogen) atoms. The molecule has 0 spiro atoms. The maximum Gasteiger partial charge on any atom is 0.368 e. The monoisotopic (exact) mass is 291 g/mol. The lowest BCUT2D eigenvalue weighted by Gasteiger charge is -2.24. The Morgan fingerprint density at radius 1 is 1.33 bits per heavy atom. The normalized spacial score (nSPS) is 16.0. The van der Waals surface area contributed by atoms with E-state index in [0.717, 1.165) is 17.5 Å². The molecule has 8 heteroatoms. The van der Waals surface area contributed by atoms with E-state index in [9.17, 15) is 4.79 Å². The van der Waals surface area contributed by atoms with Crippen molar-refractivity contribution in [2.24, 2.45) is 7.05 Å². The number of benzene rings is 1. The Bertz CT molecular complexity index is 687. The van der Waals surface area contributed by atoms with Crippen LogP contribution in [0.3, 0.4) is 0 Å². The number of hydrogen-bond donors (Lipinski definition) is 1. The average molecular weight is 291 g/mol. The van der Waals surface area contributed by atoms with Gasteiger partial charge in [0.15, 0.2) is 0 Å². The van der Waals surface area contributed by atoms with Crippen LogP contribution in [-0.2, 0) is 11.8 Å². The molecule has 0 aliphatic carbocycles. The minimum absolute atomic E-state index is 0.0634. The molecule has 8 nitrogen and oxygen atoms in total. The van der Waals surface area contributed by atoms with Gasteiger partial charge in [0.2, 0.25) is 0 Å². The number of aromatic nitrogens is 4. The summed E-state index contributed by atoms with van der Waals surface area (Å²) >= 11 is 0. The lowest BCUT2D eigenvalue weighted by Crippen LogP contribution is -2.27. The van der Waals surface area contributed by atoms with E-state index in [1.54, 1.807) is 18.2 Å². The lowest BCUT2D eigenvalue weighted by atomic mass is 10.1. The van der Waals surface area contributed by atoms with Gasteiger partial charge in [0.25, 0.3) is 0 Å². The molecule has 1 aromatic carbocycles. The van der Waals surface area contributed by atoms with Crippen molar-refractivity contribution in [2.75, 3.05) is 18.9 Å². The van der Waals surface area contributed by atoms with Gasteiger partial charge in [0, 0.05) is 25.6 Å². The van der Waals surface area contributed by atoms with Crippen molar-refractivity contribution in [1.82, 2.24) is 19.8 Å². The van der Waals surface area contributed by atoms with Crippen LogP contribution in [0, 0.1) is 0 Å². The zero-order valence-electron chi connectivity index (χ0n) is 11.7. The summed E-state index contributed by atoms with van der Waals surface area (Å²) in [6.45, 7) is 1.36. The highest BCUT2D eigenvalue weighted by Crippen LogP contribution is 2.26. The van der Waals surface area contributed by atoms with Crippen LogP contribution in [-0.4, -0.2) is 39.1 Å². The van der Waals surface area contributed by atoms with Gasteiger partial charge >= 0.3 is 5.69 Å². The van der Waals surface area contributed by atoms with Crippen LogP contribution in [0.25, 0.3) is 5.69 Å². The molecule has 2 N–H and O–H groups in total. The summed E-state index contributed by atoms with van der Waals surface area (Å²) in [7, 11) is 1.54. The van der Waals surface area contributed by atoms with Crippen molar-refractivity contribution < 1.29 is 9.47 Å². The van der Waals surface area contributed by atoms with Gasteiger partial charge in [0.1, 0.15) is 17.5 Å². The summed E-state index contributed by atoms with van der Waals surface area (Å²) in [5, 5.41) is 7.55. The molecular formula is C13H17N5O3. The molecule has 1 saturated heterocycles. The molecule has 112 valence electrons. The minimum atomic E-state index is -0.350. The first-order chi connectivity index (χ1) is 10.1. The number of hydrogen-bond acceptors (Lipinski definition) is 6. The van der Waals surface area contributed by atoms with Crippen LogP contribution in [0.1, 0.15) is 12.8 Å². The SMILES string of the molecule is Cn1nnn(-c2cc(N)ccc2OC2CCOCC2)c1=O. The first-order valence-corrected chi connectivity index (χ1v) is 6.78. The fraction of sp³-hybridized carbons (Fsp3) is 0.462. The molecule has 1 aliphatic heterocycles. The van der Waals surface area contributed by atoms with Crippen molar-refractivity contribution in [3.8, 4) is 11.4 Å². The molecule has 0 saturated carbocycles. The first-order valence-electron chi connectivity index (χ1n) is 6.78. The van der Waals surface area contributed by atoms with Gasteiger partial charge in [-0.1, -0.05) is 0 Å². The Balaban J connectivity index is 1.96. The molecule has 2 aromatic rings. The second kappa shape index (κ2) is 5.57. The third-order valence-corrected chi connectivity index (χ3v) is 3.39. The second-order valence-electron chi connectivity index (χ2n) is 4.95. The molecule has 2 heterocycles. The molecule has 1 aromatic heterocycles. The Morgan fingerprint density at radius 3 is 2.76 bits per heavy atom. The first kappa shape index (κ1) is 13.6. The number of ether oxygens (including phenoxy) is 2. The number of rotatable bonds is 3. The summed E-state index contributed by atoms with van der Waals surface area (Å²) in [6.07, 6.45) is 1.70. The number of nitrogens with two attached hydrogens (primary N) is 1. The summed E-state index contributed by atoms with van der Waals surface area (Å²) in [5.74, 6) is 0.568. The highest BCUT2D eigenvalue weighted by atomic mass is 16.5. The maximum absolute atomic E-state index is 12.0. The Hall–Kier alpha value is -2.35. The standard InChI is InChI=1S/C13H17N5O3/c1-17-13(19)18(16-15-17)11-8-9(14)2-3-12(11)21-10-4-6-20-7-5-10/h2-3,8,10H,4-7,14H2,1H3. The van der Waals surface area contributed by atoms with Gasteiger partial charge in [-0.05, 0) is 28.6 Å². The van der Waals surface area contributed by atoms with Crippen LogP contribution >= 0.6 is 0 Å². The Morgan fingerprint density at radius 2 is 2.10 bits per heavy atom. The third kappa shape index (κ3) is 2.75. The van der Waals surface area contributed by atoms with Crippen molar-refractivity contribution in [3.05, 3.63) is 28.7 Å². The Kier molecular flexibility index (Phi) is 3.61. The highest BCUT2D eigenvalue weighted by molar-refractivity contribution is 5.55. The largest absolute Gasteiger partial charge is 0.488 e. The van der Waals surface area contributed by atoms with E-state index in [0.29, 0.717) is 30.3 Å². The van der Waals surface area contributed by atoms with Crippen molar-refractivity contribution in [1.29, 1.82) is 0 Å². The van der Waals surface area contributed by atoms with Crippen LogP contribution in [0.15, 0.2) is 23.0 Å². The molecule has 0 radical (unpaired) electrons. The maximum atomic E-state index is 12.0. The van der Waals surface area contributed by atoms with Gasteiger partial charge < -0.3 is 15.2 Å². The molecular weight excluding hydrogens is 274 g/mol. The van der Waals surface area contributed by atoms with Crippen molar-refractivity contribution in [2.45, 2.75) is 18.9 Å². The van der Waals surface area contributed by atoms with Gasteiger partial charge in [-0.15, -0.1) is 0 Å². The molecule has 1 fully saturated rings. The highest BCUT2D eigenvalue weighted by Gasteiger charge is 2.19. The fourth-order valence-electron chi connectivity index (χ4n) is 2.24. The number of anilines is 1. The quantitative estimate of drug-likeness (QED) is 0.806. The second-order valence-corrected chi connectivity index (χ2v) is 4.95. The van der Waals surface area contributed by atoms with E-state index >= 15 is 0 Å². The third-order valence-electron chi connectivity index (χ3n) is 3.39. The van der Waals surface area contributed by atoms with E-state index in [-0.39, 0.29) is 11.8 Å². The van der Waals surface area contributed by atoms with Crippen molar-refractivity contribution in [3.63, 3.8) is 0 Å². The number of nitrogen functional groups attached to an aromatic ring is 1. The summed E-state index contributed by atoms with van der Waals surface area (Å²) in [4.78, 5) is 12.0. The topological polar surface area (TPSA) is 97.2 Å². The van der Waals surface area contributed by atoms with Crippen LogP contribution in [0.4, 0.5) is 5.69 Å². The van der Waals surface area contributed by atoms with Gasteiger partial charge in [0.05, 0.1) is 13.2 Å². The van der Waals surface area contributed by atoms with E-state index in [1.807, 2.05) is 0 Å². The number of tetrazole rings is 1. The summed E-state index contributed by atoms with van der Waals surface area (Å²) < 4.78 is 13.6. The molecule has 0 bridgehead atoms. The minimum Gasteiger partial charge on any atom is -0.488 e. The summed E-state index contributed by atoms with van der Waals surface area (Å²) in [6, 6.07) is 5.14. The smallest absolute Gasteiger partial charge is 0.368 e. The van der Waals surface area contributed by atoms with E-state index in [4.69, 9.17) is 15.2 Å². The zero-order valence-corrected chi connectivity index (χ0v) is 11.7. The predicted molar refractivity (Wildman–Crippen MR) is 75.5 cm³/mol. The molecule has 0 atom stereocenters. The number of aryl methyl sites for hydroxylation is 1.